The SMILES string of the molecule is CCNc1cc2oc3cc(=[NH+]CC)c(C)cc-3c(-c3ccc(C(=O)NCCCCCCCCCCCCNC(=O)NC(C)C)cc3C(=O)OC)c2cc1C. The molecule has 0 saturated heterocycles. The number of unbranched alkanes of at least 4 members (excludes halogenated alkanes) is 9. The average Bonchev–Trinajstić information content (AvgIpc) is 3.14. The molecule has 1 aliphatic heterocycles. The number of carbonyl (C=O) groups excluding carboxylic acids is 3. The minimum Gasteiger partial charge on any atom is -0.465 e. The summed E-state index contributed by atoms with van der Waals surface area (Å²) in [6.45, 7) is 15.0. The molecule has 0 fully saturated rings. The van der Waals surface area contributed by atoms with Gasteiger partial charge in [-0.15, -0.1) is 0 Å². The fraction of sp³-hybridized carbons (Fsp3) is 0.500. The highest BCUT2D eigenvalue weighted by atomic mass is 16.5. The second kappa shape index (κ2) is 21.1. The Bertz CT molecular complexity index is 1910. The van der Waals surface area contributed by atoms with Crippen LogP contribution in [-0.2, 0) is 4.74 Å². The van der Waals surface area contributed by atoms with Gasteiger partial charge in [0, 0.05) is 65.1 Å². The van der Waals surface area contributed by atoms with Gasteiger partial charge in [0.25, 0.3) is 5.91 Å². The van der Waals surface area contributed by atoms with E-state index in [1.807, 2.05) is 32.0 Å². The van der Waals surface area contributed by atoms with E-state index >= 15 is 0 Å². The molecule has 2 aromatic carbocycles. The molecular formula is C44H62N5O5+. The van der Waals surface area contributed by atoms with Gasteiger partial charge >= 0.3 is 12.0 Å². The predicted molar refractivity (Wildman–Crippen MR) is 218 cm³/mol. The van der Waals surface area contributed by atoms with E-state index < -0.39 is 5.97 Å². The Labute approximate surface area is 321 Å². The molecule has 2 aromatic rings. The number of fused-ring (bicyclic) bond motifs is 2. The number of amides is 3. The average molecular weight is 741 g/mol. The molecule has 0 atom stereocenters. The number of nitrogens with one attached hydrogen (secondary N) is 5. The smallest absolute Gasteiger partial charge is 0.338 e. The monoisotopic (exact) mass is 740 g/mol. The standard InChI is InChI=1S/C44H61N5O5/c1-8-45-37-27-39-35(24-30(37)5)41(36-25-31(6)38(46-9-2)28-40(36)54-39)33-21-20-32(26-34(33)43(51)53-7)42(50)47-22-18-16-14-12-10-11-13-15-17-19-23-48-44(52)49-29(3)4/h20-21,24-29,45H,8-19,22-23H2,1-7H3,(H,47,50)(H2,48,49,52)/p+1. The maximum absolute atomic E-state index is 13.4. The van der Waals surface area contributed by atoms with Crippen molar-refractivity contribution in [3.8, 4) is 22.5 Å². The molecule has 10 heteroatoms. The summed E-state index contributed by atoms with van der Waals surface area (Å²) in [4.78, 5) is 41.8. The number of benzene rings is 3. The van der Waals surface area contributed by atoms with Gasteiger partial charge in [-0.05, 0) is 89.8 Å². The van der Waals surface area contributed by atoms with Crippen molar-refractivity contribution in [1.29, 1.82) is 0 Å². The number of methoxy groups -OCH3 is 1. The van der Waals surface area contributed by atoms with Crippen molar-refractivity contribution in [1.82, 2.24) is 16.0 Å². The van der Waals surface area contributed by atoms with Crippen LogP contribution in [0.5, 0.6) is 0 Å². The summed E-state index contributed by atoms with van der Waals surface area (Å²) >= 11 is 0. The first kappa shape index (κ1) is 41.9. The third-order valence-electron chi connectivity index (χ3n) is 9.70. The van der Waals surface area contributed by atoms with Crippen LogP contribution < -0.4 is 31.6 Å². The number of aryl methyl sites for hydroxylation is 2. The zero-order valence-electron chi connectivity index (χ0n) is 33.6. The summed E-state index contributed by atoms with van der Waals surface area (Å²) < 4.78 is 11.8. The van der Waals surface area contributed by atoms with Gasteiger partial charge in [0.1, 0.15) is 17.9 Å². The maximum Gasteiger partial charge on any atom is 0.338 e. The number of ether oxygens (including phenoxy) is 1. The van der Waals surface area contributed by atoms with Crippen molar-refractivity contribution >= 4 is 34.6 Å². The van der Waals surface area contributed by atoms with E-state index in [-0.39, 0.29) is 18.0 Å². The first-order chi connectivity index (χ1) is 26.1. The van der Waals surface area contributed by atoms with Gasteiger partial charge < -0.3 is 30.4 Å². The van der Waals surface area contributed by atoms with Crippen LogP contribution in [0, 0.1) is 13.8 Å². The van der Waals surface area contributed by atoms with Crippen molar-refractivity contribution in [2.75, 3.05) is 38.6 Å². The predicted octanol–water partition coefficient (Wildman–Crippen LogP) is 7.38. The third-order valence-corrected chi connectivity index (χ3v) is 9.70. The number of urea groups is 1. The van der Waals surface area contributed by atoms with Crippen molar-refractivity contribution in [2.45, 2.75) is 112 Å². The summed E-state index contributed by atoms with van der Waals surface area (Å²) in [5, 5.41) is 14.1. The van der Waals surface area contributed by atoms with Gasteiger partial charge in [-0.1, -0.05) is 57.4 Å². The lowest BCUT2D eigenvalue weighted by molar-refractivity contribution is -0.496. The summed E-state index contributed by atoms with van der Waals surface area (Å²) in [5.74, 6) is -0.0267. The fourth-order valence-electron chi connectivity index (χ4n) is 6.92. The Hall–Kier alpha value is -4.86. The molecule has 0 spiro atoms. The van der Waals surface area contributed by atoms with Crippen LogP contribution >= 0.6 is 0 Å². The molecule has 2 aliphatic rings. The number of hydrogen-bond donors (Lipinski definition) is 5. The lowest BCUT2D eigenvalue weighted by Crippen LogP contribution is -2.76. The Morgan fingerprint density at radius 1 is 0.778 bits per heavy atom. The number of rotatable bonds is 20. The zero-order valence-corrected chi connectivity index (χ0v) is 33.6. The number of esters is 1. The normalized spacial score (nSPS) is 11.7. The minimum atomic E-state index is -0.508. The Morgan fingerprint density at radius 3 is 2.04 bits per heavy atom. The molecule has 5 N–H and O–H groups in total. The summed E-state index contributed by atoms with van der Waals surface area (Å²) in [6.07, 6.45) is 11.3. The number of anilines is 1. The second-order valence-corrected chi connectivity index (χ2v) is 14.5. The fourth-order valence-corrected chi connectivity index (χ4v) is 6.92. The van der Waals surface area contributed by atoms with Gasteiger partial charge in [0.05, 0.1) is 18.7 Å². The van der Waals surface area contributed by atoms with Crippen LogP contribution in [0.4, 0.5) is 10.5 Å². The van der Waals surface area contributed by atoms with Gasteiger partial charge in [-0.2, -0.15) is 0 Å². The Kier molecular flexibility index (Phi) is 16.4. The Morgan fingerprint density at radius 2 is 1.43 bits per heavy atom. The molecule has 292 valence electrons. The molecule has 4 rings (SSSR count). The lowest BCUT2D eigenvalue weighted by atomic mass is 9.88. The van der Waals surface area contributed by atoms with E-state index in [0.29, 0.717) is 34.6 Å². The molecule has 0 radical (unpaired) electrons. The maximum atomic E-state index is 13.4. The van der Waals surface area contributed by atoms with Crippen LogP contribution in [0.1, 0.15) is 124 Å². The van der Waals surface area contributed by atoms with Gasteiger partial charge in [0.2, 0.25) is 5.36 Å². The van der Waals surface area contributed by atoms with Crippen LogP contribution in [0.25, 0.3) is 33.4 Å². The van der Waals surface area contributed by atoms with E-state index in [0.717, 1.165) is 90.4 Å². The lowest BCUT2D eigenvalue weighted by Gasteiger charge is -2.19. The summed E-state index contributed by atoms with van der Waals surface area (Å²) in [7, 11) is 1.37. The van der Waals surface area contributed by atoms with E-state index in [2.05, 4.69) is 66.1 Å². The molecule has 1 aliphatic carbocycles. The van der Waals surface area contributed by atoms with Crippen LogP contribution in [0.2, 0.25) is 0 Å². The third kappa shape index (κ3) is 11.6. The van der Waals surface area contributed by atoms with Crippen LogP contribution in [0.15, 0.2) is 46.9 Å². The van der Waals surface area contributed by atoms with Gasteiger partial charge in [-0.25, -0.2) is 14.6 Å². The molecular weight excluding hydrogens is 679 g/mol. The zero-order chi connectivity index (χ0) is 39.0. The molecule has 0 unspecified atom stereocenters. The molecule has 3 amide bonds. The number of carbonyl (C=O) groups is 3. The first-order valence-corrected chi connectivity index (χ1v) is 20.0. The topological polar surface area (TPSA) is 136 Å². The highest BCUT2D eigenvalue weighted by Gasteiger charge is 2.25. The van der Waals surface area contributed by atoms with E-state index in [1.54, 1.807) is 12.1 Å². The molecule has 0 aromatic heterocycles. The van der Waals surface area contributed by atoms with Crippen molar-refractivity contribution in [2.24, 2.45) is 0 Å². The highest BCUT2D eigenvalue weighted by molar-refractivity contribution is 6.10. The second-order valence-electron chi connectivity index (χ2n) is 14.5. The van der Waals surface area contributed by atoms with E-state index in [4.69, 9.17) is 9.15 Å². The molecule has 0 bridgehead atoms. The Balaban J connectivity index is 1.38. The van der Waals surface area contributed by atoms with E-state index in [9.17, 15) is 14.4 Å². The van der Waals surface area contributed by atoms with Gasteiger partial charge in [-0.3, -0.25) is 4.79 Å². The van der Waals surface area contributed by atoms with Crippen molar-refractivity contribution in [3.05, 3.63) is 70.1 Å². The highest BCUT2D eigenvalue weighted by Crippen LogP contribution is 2.43. The van der Waals surface area contributed by atoms with Crippen molar-refractivity contribution in [3.63, 3.8) is 0 Å². The summed E-state index contributed by atoms with van der Waals surface area (Å²) in [6, 6.07) is 13.6. The quantitative estimate of drug-likeness (QED) is 0.0365. The molecule has 10 nitrogen and oxygen atoms in total. The molecule has 1 heterocycles. The molecule has 0 saturated carbocycles. The minimum absolute atomic E-state index is 0.0852. The first-order valence-electron chi connectivity index (χ1n) is 20.0. The van der Waals surface area contributed by atoms with Gasteiger partial charge in [0.15, 0.2) is 0 Å². The number of hydrogen-bond acceptors (Lipinski definition) is 6. The van der Waals surface area contributed by atoms with Crippen LogP contribution in [0.3, 0.4) is 0 Å². The molecule has 54 heavy (non-hydrogen) atoms. The van der Waals surface area contributed by atoms with Crippen LogP contribution in [-0.4, -0.2) is 57.2 Å². The summed E-state index contributed by atoms with van der Waals surface area (Å²) in [5.41, 5.74) is 6.94. The largest absolute Gasteiger partial charge is 0.465 e. The van der Waals surface area contributed by atoms with E-state index in [1.165, 1.54) is 39.2 Å². The van der Waals surface area contributed by atoms with Crippen molar-refractivity contribution < 1.29 is 28.5 Å².